The van der Waals surface area contributed by atoms with Crippen molar-refractivity contribution in [1.29, 1.82) is 0 Å². The Bertz CT molecular complexity index is 337. The van der Waals surface area contributed by atoms with Crippen molar-refractivity contribution in [2.45, 2.75) is 56.5 Å². The van der Waals surface area contributed by atoms with Crippen LogP contribution >= 0.6 is 0 Å². The Morgan fingerprint density at radius 3 is 1.26 bits per heavy atom. The van der Waals surface area contributed by atoms with Crippen molar-refractivity contribution in [1.82, 2.24) is 0 Å². The van der Waals surface area contributed by atoms with Gasteiger partial charge in [-0.25, -0.2) is 0 Å². The molecule has 11 heteroatoms. The highest BCUT2D eigenvalue weighted by molar-refractivity contribution is 4.55. The van der Waals surface area contributed by atoms with E-state index < -0.39 is 12.2 Å². The smallest absolute Gasteiger partial charge is 0.101 e. The van der Waals surface area contributed by atoms with Gasteiger partial charge >= 0.3 is 0 Å². The molecule has 0 amide bonds. The maximum absolute atomic E-state index is 9.23. The molecule has 11 nitrogen and oxygen atoms in total. The average molecular weight is 505 g/mol. The SMILES string of the molecule is COCC(O)CCOCC(O)COC.COCCC(O)COC.COCCCCC(O)COC. The van der Waals surface area contributed by atoms with Crippen LogP contribution < -0.4 is 0 Å². The summed E-state index contributed by atoms with van der Waals surface area (Å²) in [5, 5.41) is 36.6. The number of hydrogen-bond donors (Lipinski definition) is 4. The van der Waals surface area contributed by atoms with Crippen LogP contribution in [0.5, 0.6) is 0 Å². The first-order chi connectivity index (χ1) is 16.3. The fourth-order valence-corrected chi connectivity index (χ4v) is 2.39. The van der Waals surface area contributed by atoms with Gasteiger partial charge in [0.05, 0.1) is 51.3 Å². The van der Waals surface area contributed by atoms with Crippen molar-refractivity contribution >= 4 is 0 Å². The van der Waals surface area contributed by atoms with Gasteiger partial charge in [-0.2, -0.15) is 0 Å². The molecular weight excluding hydrogens is 452 g/mol. The summed E-state index contributed by atoms with van der Waals surface area (Å²) in [5.41, 5.74) is 0. The Morgan fingerprint density at radius 1 is 0.412 bits per heavy atom. The highest BCUT2D eigenvalue weighted by Crippen LogP contribution is 2.00. The number of aliphatic hydroxyl groups is 4. The van der Waals surface area contributed by atoms with Crippen LogP contribution in [-0.2, 0) is 33.2 Å². The van der Waals surface area contributed by atoms with Gasteiger partial charge in [-0.3, -0.25) is 0 Å². The lowest BCUT2D eigenvalue weighted by atomic mass is 10.2. The minimum atomic E-state index is -0.598. The van der Waals surface area contributed by atoms with Gasteiger partial charge in [0, 0.05) is 62.5 Å². The van der Waals surface area contributed by atoms with Gasteiger partial charge in [0.25, 0.3) is 0 Å². The summed E-state index contributed by atoms with van der Waals surface area (Å²) >= 11 is 0. The third kappa shape index (κ3) is 36.1. The van der Waals surface area contributed by atoms with Crippen LogP contribution in [0.25, 0.3) is 0 Å². The van der Waals surface area contributed by atoms with Crippen LogP contribution in [-0.4, -0.2) is 140 Å². The lowest BCUT2D eigenvalue weighted by Gasteiger charge is -2.12. The van der Waals surface area contributed by atoms with Crippen LogP contribution in [0.15, 0.2) is 0 Å². The standard InChI is InChI=1S/C9H20O5.C8H18O3.C6H14O3/c1-12-5-8(10)3-4-14-7-9(11)6-13-2;1-10-6-4-3-5-8(9)7-11-2;1-8-4-3-6(7)5-9-2/h8-11H,3-7H2,1-2H3;8-9H,3-7H2,1-2H3;6-7H,3-5H2,1-2H3. The van der Waals surface area contributed by atoms with Gasteiger partial charge in [-0.05, 0) is 32.1 Å². The molecule has 0 aromatic heterocycles. The molecule has 4 N–H and O–H groups in total. The molecule has 4 unspecified atom stereocenters. The zero-order chi connectivity index (χ0) is 26.5. The molecule has 210 valence electrons. The molecule has 0 aliphatic heterocycles. The van der Waals surface area contributed by atoms with E-state index in [1.54, 1.807) is 28.4 Å². The normalized spacial score (nSPS) is 14.3. The number of unbranched alkanes of at least 4 members (excludes halogenated alkanes) is 1. The number of methoxy groups -OCH3 is 6. The van der Waals surface area contributed by atoms with Crippen LogP contribution in [0.2, 0.25) is 0 Å². The fraction of sp³-hybridized carbons (Fsp3) is 1.00. The van der Waals surface area contributed by atoms with E-state index in [1.807, 2.05) is 0 Å². The predicted molar refractivity (Wildman–Crippen MR) is 129 cm³/mol. The summed E-state index contributed by atoms with van der Waals surface area (Å²) in [6.07, 6.45) is 2.18. The van der Waals surface area contributed by atoms with Gasteiger partial charge < -0.3 is 53.6 Å². The highest BCUT2D eigenvalue weighted by Gasteiger charge is 2.06. The molecule has 0 aromatic rings. The highest BCUT2D eigenvalue weighted by atomic mass is 16.5. The molecule has 0 aromatic carbocycles. The van der Waals surface area contributed by atoms with E-state index in [9.17, 15) is 15.3 Å². The molecule has 0 bridgehead atoms. The fourth-order valence-electron chi connectivity index (χ4n) is 2.39. The molecule has 4 atom stereocenters. The van der Waals surface area contributed by atoms with Gasteiger partial charge in [0.15, 0.2) is 0 Å². The van der Waals surface area contributed by atoms with Crippen molar-refractivity contribution in [3.63, 3.8) is 0 Å². The maximum Gasteiger partial charge on any atom is 0.101 e. The predicted octanol–water partition coefficient (Wildman–Crippen LogP) is 0.248. The average Bonchev–Trinajstić information content (AvgIpc) is 2.80. The molecule has 0 aliphatic rings. The van der Waals surface area contributed by atoms with Crippen molar-refractivity contribution in [3.05, 3.63) is 0 Å². The summed E-state index contributed by atoms with van der Waals surface area (Å²) in [6.45, 7) is 3.41. The molecule has 0 heterocycles. The second kappa shape index (κ2) is 32.6. The van der Waals surface area contributed by atoms with E-state index in [-0.39, 0.29) is 25.4 Å². The Morgan fingerprint density at radius 2 is 0.824 bits per heavy atom. The number of rotatable bonds is 21. The maximum atomic E-state index is 9.23. The Hall–Kier alpha value is -0.440. The second-order valence-electron chi connectivity index (χ2n) is 7.57. The quantitative estimate of drug-likeness (QED) is 0.160. The third-order valence-electron chi connectivity index (χ3n) is 4.13. The first-order valence-electron chi connectivity index (χ1n) is 11.6. The van der Waals surface area contributed by atoms with Crippen molar-refractivity contribution in [2.75, 3.05) is 95.5 Å². The van der Waals surface area contributed by atoms with Crippen LogP contribution in [0.4, 0.5) is 0 Å². The van der Waals surface area contributed by atoms with Crippen molar-refractivity contribution in [3.8, 4) is 0 Å². The Labute approximate surface area is 206 Å². The zero-order valence-corrected chi connectivity index (χ0v) is 22.1. The van der Waals surface area contributed by atoms with Crippen molar-refractivity contribution in [2.24, 2.45) is 0 Å². The molecule has 0 rings (SSSR count). The van der Waals surface area contributed by atoms with Crippen LogP contribution in [0, 0.1) is 0 Å². The molecule has 0 fully saturated rings. The minimum absolute atomic E-state index is 0.230. The van der Waals surface area contributed by atoms with E-state index in [0.717, 1.165) is 25.9 Å². The summed E-state index contributed by atoms with van der Waals surface area (Å²) in [7, 11) is 9.51. The Kier molecular flexibility index (Phi) is 36.5. The van der Waals surface area contributed by atoms with E-state index in [4.69, 9.17) is 38.3 Å². The molecular formula is C23H52O11. The molecule has 0 saturated heterocycles. The summed E-state index contributed by atoms with van der Waals surface area (Å²) in [6, 6.07) is 0. The largest absolute Gasteiger partial charge is 0.391 e. The topological polar surface area (TPSA) is 146 Å². The lowest BCUT2D eigenvalue weighted by molar-refractivity contribution is -0.0198. The zero-order valence-electron chi connectivity index (χ0n) is 22.1. The number of ether oxygens (including phenoxy) is 7. The van der Waals surface area contributed by atoms with Crippen LogP contribution in [0.3, 0.4) is 0 Å². The van der Waals surface area contributed by atoms with Gasteiger partial charge in [-0.15, -0.1) is 0 Å². The van der Waals surface area contributed by atoms with E-state index in [1.165, 1.54) is 14.2 Å². The second-order valence-corrected chi connectivity index (χ2v) is 7.57. The van der Waals surface area contributed by atoms with Crippen molar-refractivity contribution < 1.29 is 53.6 Å². The first-order valence-corrected chi connectivity index (χ1v) is 11.6. The minimum Gasteiger partial charge on any atom is -0.391 e. The van der Waals surface area contributed by atoms with Gasteiger partial charge in [-0.1, -0.05) is 0 Å². The molecule has 0 saturated carbocycles. The monoisotopic (exact) mass is 504 g/mol. The first kappa shape index (κ1) is 38.1. The summed E-state index contributed by atoms with van der Waals surface area (Å²) in [4.78, 5) is 0. The van der Waals surface area contributed by atoms with E-state index in [2.05, 4.69) is 0 Å². The molecule has 0 radical (unpaired) electrons. The van der Waals surface area contributed by atoms with E-state index in [0.29, 0.717) is 45.9 Å². The summed E-state index contributed by atoms with van der Waals surface area (Å²) < 4.78 is 33.7. The lowest BCUT2D eigenvalue weighted by Crippen LogP contribution is -2.23. The Balaban J connectivity index is -0.000000435. The molecule has 34 heavy (non-hydrogen) atoms. The summed E-state index contributed by atoms with van der Waals surface area (Å²) in [5.74, 6) is 0. The van der Waals surface area contributed by atoms with Gasteiger partial charge in [0.1, 0.15) is 6.10 Å². The van der Waals surface area contributed by atoms with Gasteiger partial charge in [0.2, 0.25) is 0 Å². The van der Waals surface area contributed by atoms with E-state index >= 15 is 0 Å². The molecule has 0 spiro atoms. The number of hydrogen-bond acceptors (Lipinski definition) is 11. The third-order valence-corrected chi connectivity index (χ3v) is 4.13. The molecule has 0 aliphatic carbocycles. The van der Waals surface area contributed by atoms with Crippen LogP contribution in [0.1, 0.15) is 32.1 Å². The number of aliphatic hydroxyl groups excluding tert-OH is 4.